The molecule has 1 aliphatic heterocycles. The average Bonchev–Trinajstić information content (AvgIpc) is 2.05. The van der Waals surface area contributed by atoms with E-state index in [4.69, 9.17) is 11.0 Å². The van der Waals surface area contributed by atoms with Crippen LogP contribution in [0.4, 0.5) is 4.79 Å². The SMILES string of the molecule is N#CNC(=O)N1CCCCC1N. The van der Waals surface area contributed by atoms with Crippen LogP contribution in [-0.4, -0.2) is 23.6 Å². The van der Waals surface area contributed by atoms with Gasteiger partial charge in [0.1, 0.15) is 0 Å². The van der Waals surface area contributed by atoms with E-state index in [-0.39, 0.29) is 12.2 Å². The van der Waals surface area contributed by atoms with Gasteiger partial charge in [-0.15, -0.1) is 0 Å². The fourth-order valence-corrected chi connectivity index (χ4v) is 1.33. The number of carbonyl (C=O) groups is 1. The topological polar surface area (TPSA) is 82.2 Å². The first kappa shape index (κ1) is 8.81. The summed E-state index contributed by atoms with van der Waals surface area (Å²) in [6.07, 6.45) is 4.20. The van der Waals surface area contributed by atoms with Crippen molar-refractivity contribution in [1.29, 1.82) is 5.26 Å². The van der Waals surface area contributed by atoms with Gasteiger partial charge < -0.3 is 10.6 Å². The van der Waals surface area contributed by atoms with Crippen molar-refractivity contribution in [1.82, 2.24) is 10.2 Å². The number of carbonyl (C=O) groups excluding carboxylic acids is 1. The Morgan fingerprint density at radius 3 is 3.00 bits per heavy atom. The van der Waals surface area contributed by atoms with Gasteiger partial charge in [-0.2, -0.15) is 5.26 Å². The molecule has 0 aliphatic carbocycles. The Bertz CT molecular complexity index is 210. The number of hydrogen-bond donors (Lipinski definition) is 2. The van der Waals surface area contributed by atoms with Crippen LogP contribution in [0.1, 0.15) is 19.3 Å². The summed E-state index contributed by atoms with van der Waals surface area (Å²) < 4.78 is 0. The van der Waals surface area contributed by atoms with Gasteiger partial charge in [0.25, 0.3) is 0 Å². The number of hydrogen-bond acceptors (Lipinski definition) is 3. The van der Waals surface area contributed by atoms with E-state index in [1.807, 2.05) is 0 Å². The molecule has 0 saturated carbocycles. The number of nitrogens with one attached hydrogen (secondary N) is 1. The molecule has 0 aromatic heterocycles. The molecule has 1 heterocycles. The van der Waals surface area contributed by atoms with Crippen molar-refractivity contribution in [3.63, 3.8) is 0 Å². The Morgan fingerprint density at radius 2 is 2.42 bits per heavy atom. The van der Waals surface area contributed by atoms with Crippen LogP contribution in [0.25, 0.3) is 0 Å². The molecule has 0 bridgehead atoms. The quantitative estimate of drug-likeness (QED) is 0.393. The molecule has 5 heteroatoms. The summed E-state index contributed by atoms with van der Waals surface area (Å²) in [5.74, 6) is 0. The standard InChI is InChI=1S/C7H12N4O/c8-5-10-7(12)11-4-2-1-3-6(11)9/h6H,1-4,9H2,(H,10,12). The highest BCUT2D eigenvalue weighted by Crippen LogP contribution is 2.12. The first-order valence-corrected chi connectivity index (χ1v) is 3.97. The van der Waals surface area contributed by atoms with Crippen LogP contribution in [0.5, 0.6) is 0 Å². The van der Waals surface area contributed by atoms with Gasteiger partial charge >= 0.3 is 6.03 Å². The summed E-state index contributed by atoms with van der Waals surface area (Å²) in [6, 6.07) is -0.385. The van der Waals surface area contributed by atoms with Crippen LogP contribution >= 0.6 is 0 Å². The van der Waals surface area contributed by atoms with Crippen molar-refractivity contribution in [2.24, 2.45) is 5.73 Å². The van der Waals surface area contributed by atoms with Gasteiger partial charge in [0, 0.05) is 6.54 Å². The zero-order chi connectivity index (χ0) is 8.97. The van der Waals surface area contributed by atoms with Crippen LogP contribution in [0.2, 0.25) is 0 Å². The van der Waals surface area contributed by atoms with Crippen molar-refractivity contribution < 1.29 is 4.79 Å². The number of nitrogens with two attached hydrogens (primary N) is 1. The molecule has 0 aromatic carbocycles. The van der Waals surface area contributed by atoms with E-state index in [1.54, 1.807) is 6.19 Å². The number of piperidine rings is 1. The van der Waals surface area contributed by atoms with Gasteiger partial charge in [-0.25, -0.2) is 10.1 Å². The molecule has 3 N–H and O–H groups in total. The summed E-state index contributed by atoms with van der Waals surface area (Å²) in [7, 11) is 0. The third-order valence-electron chi connectivity index (χ3n) is 1.97. The van der Waals surface area contributed by atoms with Crippen LogP contribution in [0.3, 0.4) is 0 Å². The fourth-order valence-electron chi connectivity index (χ4n) is 1.33. The Morgan fingerprint density at radius 1 is 1.67 bits per heavy atom. The molecule has 66 valence electrons. The van der Waals surface area contributed by atoms with Crippen LogP contribution in [-0.2, 0) is 0 Å². The predicted molar refractivity (Wildman–Crippen MR) is 42.7 cm³/mol. The lowest BCUT2D eigenvalue weighted by Gasteiger charge is -2.31. The lowest BCUT2D eigenvalue weighted by molar-refractivity contribution is 0.157. The third kappa shape index (κ3) is 1.86. The van der Waals surface area contributed by atoms with Gasteiger partial charge in [-0.05, 0) is 19.3 Å². The minimum absolute atomic E-state index is 0.230. The van der Waals surface area contributed by atoms with E-state index in [1.165, 1.54) is 4.90 Å². The molecular formula is C7H12N4O. The minimum atomic E-state index is -0.385. The minimum Gasteiger partial charge on any atom is -0.311 e. The second kappa shape index (κ2) is 3.93. The summed E-state index contributed by atoms with van der Waals surface area (Å²) in [5, 5.41) is 10.3. The van der Waals surface area contributed by atoms with E-state index in [0.29, 0.717) is 6.54 Å². The number of likely N-dealkylation sites (tertiary alicyclic amines) is 1. The molecule has 2 amide bonds. The van der Waals surface area contributed by atoms with E-state index < -0.39 is 0 Å². The van der Waals surface area contributed by atoms with E-state index in [9.17, 15) is 4.79 Å². The lowest BCUT2D eigenvalue weighted by atomic mass is 10.1. The van der Waals surface area contributed by atoms with Crippen molar-refractivity contribution >= 4 is 6.03 Å². The Balaban J connectivity index is 2.49. The summed E-state index contributed by atoms with van der Waals surface area (Å²) in [4.78, 5) is 12.6. The fraction of sp³-hybridized carbons (Fsp3) is 0.714. The maximum absolute atomic E-state index is 11.1. The number of rotatable bonds is 0. The van der Waals surface area contributed by atoms with Gasteiger partial charge in [0.2, 0.25) is 0 Å². The van der Waals surface area contributed by atoms with Gasteiger partial charge in [-0.1, -0.05) is 0 Å². The monoisotopic (exact) mass is 168 g/mol. The number of nitrogens with zero attached hydrogens (tertiary/aromatic N) is 2. The normalized spacial score (nSPS) is 23.0. The third-order valence-corrected chi connectivity index (χ3v) is 1.97. The van der Waals surface area contributed by atoms with Crippen LogP contribution in [0.15, 0.2) is 0 Å². The van der Waals surface area contributed by atoms with Gasteiger partial charge in [-0.3, -0.25) is 0 Å². The highest BCUT2D eigenvalue weighted by Gasteiger charge is 2.22. The number of amides is 2. The van der Waals surface area contributed by atoms with E-state index in [0.717, 1.165) is 19.3 Å². The smallest absolute Gasteiger partial charge is 0.311 e. The van der Waals surface area contributed by atoms with Gasteiger partial charge in [0.05, 0.1) is 6.17 Å². The van der Waals surface area contributed by atoms with Crippen molar-refractivity contribution in [3.05, 3.63) is 0 Å². The first-order chi connectivity index (χ1) is 5.75. The maximum atomic E-state index is 11.1. The van der Waals surface area contributed by atoms with Crippen molar-refractivity contribution in [2.45, 2.75) is 25.4 Å². The Kier molecular flexibility index (Phi) is 2.88. The molecule has 1 aliphatic rings. The molecule has 0 aromatic rings. The summed E-state index contributed by atoms with van der Waals surface area (Å²) in [6.45, 7) is 0.648. The second-order valence-electron chi connectivity index (χ2n) is 2.80. The first-order valence-electron chi connectivity index (χ1n) is 3.97. The molecule has 1 fully saturated rings. The molecule has 1 unspecified atom stereocenters. The zero-order valence-electron chi connectivity index (χ0n) is 6.79. The second-order valence-corrected chi connectivity index (χ2v) is 2.80. The molecule has 1 rings (SSSR count). The van der Waals surface area contributed by atoms with E-state index >= 15 is 0 Å². The molecule has 0 spiro atoms. The summed E-state index contributed by atoms with van der Waals surface area (Å²) in [5.41, 5.74) is 5.67. The van der Waals surface area contributed by atoms with Crippen molar-refractivity contribution in [2.75, 3.05) is 6.54 Å². The average molecular weight is 168 g/mol. The molecular weight excluding hydrogens is 156 g/mol. The maximum Gasteiger partial charge on any atom is 0.331 e. The largest absolute Gasteiger partial charge is 0.331 e. The zero-order valence-corrected chi connectivity index (χ0v) is 6.79. The van der Waals surface area contributed by atoms with Crippen LogP contribution < -0.4 is 11.1 Å². The lowest BCUT2D eigenvalue weighted by Crippen LogP contribution is -2.51. The molecule has 1 saturated heterocycles. The number of urea groups is 1. The van der Waals surface area contributed by atoms with Gasteiger partial charge in [0.15, 0.2) is 6.19 Å². The van der Waals surface area contributed by atoms with E-state index in [2.05, 4.69) is 5.32 Å². The predicted octanol–water partition coefficient (Wildman–Crippen LogP) is -0.0522. The Labute approximate surface area is 71.1 Å². The molecule has 1 atom stereocenters. The molecule has 12 heavy (non-hydrogen) atoms. The van der Waals surface area contributed by atoms with Crippen LogP contribution in [0, 0.1) is 11.5 Å². The highest BCUT2D eigenvalue weighted by atomic mass is 16.2. The Hall–Kier alpha value is -1.28. The van der Waals surface area contributed by atoms with Crippen molar-refractivity contribution in [3.8, 4) is 6.19 Å². The summed E-state index contributed by atoms with van der Waals surface area (Å²) >= 11 is 0. The molecule has 5 nitrogen and oxygen atoms in total. The molecule has 0 radical (unpaired) electrons. The number of nitriles is 1. The highest BCUT2D eigenvalue weighted by molar-refractivity contribution is 5.76.